The van der Waals surface area contributed by atoms with Crippen molar-refractivity contribution < 1.29 is 9.53 Å². The van der Waals surface area contributed by atoms with Gasteiger partial charge in [0.1, 0.15) is 11.5 Å². The number of nitrogens with one attached hydrogen (secondary N) is 1. The zero-order valence-electron chi connectivity index (χ0n) is 14.5. The maximum atomic E-state index is 13.0. The lowest BCUT2D eigenvalue weighted by Crippen LogP contribution is -2.42. The first kappa shape index (κ1) is 16.7. The highest BCUT2D eigenvalue weighted by molar-refractivity contribution is 5.92. The first-order valence-electron chi connectivity index (χ1n) is 8.45. The Balaban J connectivity index is 1.79. The zero-order valence-corrected chi connectivity index (χ0v) is 14.5. The molecule has 1 N–H and O–H groups in total. The lowest BCUT2D eigenvalue weighted by atomic mass is 10.1. The Hall–Kier alpha value is -2.15. The first-order chi connectivity index (χ1) is 11.5. The molecular formula is C17H25N5O2. The predicted octanol–water partition coefficient (Wildman–Crippen LogP) is 2.00. The van der Waals surface area contributed by atoms with Crippen LogP contribution in [0.4, 0.5) is 0 Å². The van der Waals surface area contributed by atoms with E-state index in [1.54, 1.807) is 12.4 Å². The van der Waals surface area contributed by atoms with Crippen LogP contribution in [-0.4, -0.2) is 49.8 Å². The van der Waals surface area contributed by atoms with Gasteiger partial charge in [-0.1, -0.05) is 13.8 Å². The van der Waals surface area contributed by atoms with Gasteiger partial charge in [0.15, 0.2) is 0 Å². The van der Waals surface area contributed by atoms with Gasteiger partial charge in [0.05, 0.1) is 31.1 Å². The number of rotatable bonds is 5. The smallest absolute Gasteiger partial charge is 0.272 e. The summed E-state index contributed by atoms with van der Waals surface area (Å²) in [4.78, 5) is 22.0. The van der Waals surface area contributed by atoms with Gasteiger partial charge in [0.2, 0.25) is 0 Å². The molecule has 3 heterocycles. The summed E-state index contributed by atoms with van der Waals surface area (Å²) >= 11 is 0. The molecule has 0 spiro atoms. The molecule has 1 atom stereocenters. The number of amides is 1. The standard InChI is InChI=1S/C17H25N5O2/c1-12(2)10-24-11-15-5-7-22-14(4-6-19-22)9-21(15)17(23)16-8-18-13(3)20-16/h4,6,8,12,15H,5,7,9-11H2,1-3H3,(H,18,20)/t15-/m1/s1. The molecule has 1 aliphatic heterocycles. The van der Waals surface area contributed by atoms with Gasteiger partial charge in [-0.15, -0.1) is 0 Å². The average molecular weight is 331 g/mol. The van der Waals surface area contributed by atoms with E-state index >= 15 is 0 Å². The second kappa shape index (κ2) is 7.17. The largest absolute Gasteiger partial charge is 0.379 e. The second-order valence-electron chi connectivity index (χ2n) is 6.73. The minimum atomic E-state index is -0.0385. The summed E-state index contributed by atoms with van der Waals surface area (Å²) in [5.41, 5.74) is 1.57. The third-order valence-corrected chi connectivity index (χ3v) is 4.21. The zero-order chi connectivity index (χ0) is 17.1. The number of hydrogen-bond acceptors (Lipinski definition) is 4. The lowest BCUT2D eigenvalue weighted by Gasteiger charge is -2.29. The van der Waals surface area contributed by atoms with Crippen LogP contribution in [0.15, 0.2) is 18.5 Å². The number of hydrogen-bond donors (Lipinski definition) is 1. The Bertz CT molecular complexity index is 691. The molecule has 2 aromatic heterocycles. The number of aromatic nitrogens is 4. The number of carbonyl (C=O) groups excluding carboxylic acids is 1. The molecule has 3 rings (SSSR count). The predicted molar refractivity (Wildman–Crippen MR) is 89.5 cm³/mol. The number of fused-ring (bicyclic) bond motifs is 1. The highest BCUT2D eigenvalue weighted by Crippen LogP contribution is 2.20. The van der Waals surface area contributed by atoms with Crippen molar-refractivity contribution in [2.24, 2.45) is 5.92 Å². The summed E-state index contributed by atoms with van der Waals surface area (Å²) in [7, 11) is 0. The molecule has 0 bridgehead atoms. The monoisotopic (exact) mass is 331 g/mol. The van der Waals surface area contributed by atoms with E-state index < -0.39 is 0 Å². The molecule has 0 aliphatic carbocycles. The molecule has 0 saturated carbocycles. The molecule has 24 heavy (non-hydrogen) atoms. The summed E-state index contributed by atoms with van der Waals surface area (Å²) in [6.07, 6.45) is 4.21. The highest BCUT2D eigenvalue weighted by Gasteiger charge is 2.29. The van der Waals surface area contributed by atoms with Gasteiger partial charge in [-0.05, 0) is 25.3 Å². The van der Waals surface area contributed by atoms with Crippen LogP contribution in [0.1, 0.15) is 42.3 Å². The van der Waals surface area contributed by atoms with Crippen molar-refractivity contribution in [1.29, 1.82) is 0 Å². The number of carbonyl (C=O) groups is 1. The summed E-state index contributed by atoms with van der Waals surface area (Å²) in [6.45, 7) is 8.67. The second-order valence-corrected chi connectivity index (χ2v) is 6.73. The number of H-pyrrole nitrogens is 1. The number of aromatic amines is 1. The molecule has 2 aromatic rings. The molecule has 0 radical (unpaired) electrons. The summed E-state index contributed by atoms with van der Waals surface area (Å²) in [5.74, 6) is 1.18. The molecule has 7 nitrogen and oxygen atoms in total. The topological polar surface area (TPSA) is 76.0 Å². The molecule has 130 valence electrons. The normalized spacial score (nSPS) is 17.8. The minimum absolute atomic E-state index is 0.0292. The number of ether oxygens (including phenoxy) is 1. The van der Waals surface area contributed by atoms with Crippen LogP contribution in [0.25, 0.3) is 0 Å². The van der Waals surface area contributed by atoms with E-state index in [0.29, 0.717) is 31.4 Å². The molecule has 0 fully saturated rings. The highest BCUT2D eigenvalue weighted by atomic mass is 16.5. The van der Waals surface area contributed by atoms with Crippen molar-refractivity contribution in [3.63, 3.8) is 0 Å². The van der Waals surface area contributed by atoms with Crippen LogP contribution in [0, 0.1) is 12.8 Å². The Morgan fingerprint density at radius 2 is 2.33 bits per heavy atom. The fraction of sp³-hybridized carbons (Fsp3) is 0.588. The van der Waals surface area contributed by atoms with Crippen LogP contribution in [0.3, 0.4) is 0 Å². The van der Waals surface area contributed by atoms with Gasteiger partial charge >= 0.3 is 0 Å². The molecule has 0 saturated heterocycles. The summed E-state index contributed by atoms with van der Waals surface area (Å²) < 4.78 is 7.81. The van der Waals surface area contributed by atoms with Crippen molar-refractivity contribution in [2.75, 3.05) is 13.2 Å². The van der Waals surface area contributed by atoms with Crippen molar-refractivity contribution in [3.05, 3.63) is 35.7 Å². The molecule has 1 amide bonds. The summed E-state index contributed by atoms with van der Waals surface area (Å²) in [6, 6.07) is 2.00. The third kappa shape index (κ3) is 3.67. The fourth-order valence-electron chi connectivity index (χ4n) is 2.96. The number of imidazole rings is 1. The van der Waals surface area contributed by atoms with Gasteiger partial charge in [0, 0.05) is 19.3 Å². The van der Waals surface area contributed by atoms with Gasteiger partial charge in [-0.2, -0.15) is 5.10 Å². The first-order valence-corrected chi connectivity index (χ1v) is 8.45. The Kier molecular flexibility index (Phi) is 4.99. The Morgan fingerprint density at radius 1 is 1.50 bits per heavy atom. The van der Waals surface area contributed by atoms with Gasteiger partial charge in [-0.3, -0.25) is 9.48 Å². The molecule has 1 aliphatic rings. The van der Waals surface area contributed by atoms with Gasteiger partial charge in [0.25, 0.3) is 5.91 Å². The fourth-order valence-corrected chi connectivity index (χ4v) is 2.96. The lowest BCUT2D eigenvalue weighted by molar-refractivity contribution is 0.0329. The Labute approximate surface area is 142 Å². The molecule has 0 unspecified atom stereocenters. The van der Waals surface area contributed by atoms with E-state index in [1.165, 1.54) is 0 Å². The number of aryl methyl sites for hydroxylation is 2. The van der Waals surface area contributed by atoms with Crippen LogP contribution in [-0.2, 0) is 17.8 Å². The minimum Gasteiger partial charge on any atom is -0.379 e. The van der Waals surface area contributed by atoms with Crippen molar-refractivity contribution >= 4 is 5.91 Å². The van der Waals surface area contributed by atoms with E-state index in [1.807, 2.05) is 22.6 Å². The van der Waals surface area contributed by atoms with Crippen LogP contribution in [0.5, 0.6) is 0 Å². The third-order valence-electron chi connectivity index (χ3n) is 4.21. The molecular weight excluding hydrogens is 306 g/mol. The van der Waals surface area contributed by atoms with Gasteiger partial charge < -0.3 is 14.6 Å². The summed E-state index contributed by atoms with van der Waals surface area (Å²) in [5, 5.41) is 4.35. The maximum absolute atomic E-state index is 13.0. The van der Waals surface area contributed by atoms with E-state index in [9.17, 15) is 4.79 Å². The van der Waals surface area contributed by atoms with Crippen molar-refractivity contribution in [3.8, 4) is 0 Å². The van der Waals surface area contributed by atoms with Crippen molar-refractivity contribution in [1.82, 2.24) is 24.6 Å². The quantitative estimate of drug-likeness (QED) is 0.909. The molecule has 0 aromatic carbocycles. The van der Waals surface area contributed by atoms with Crippen molar-refractivity contribution in [2.45, 2.75) is 46.3 Å². The maximum Gasteiger partial charge on any atom is 0.272 e. The van der Waals surface area contributed by atoms with E-state index in [4.69, 9.17) is 4.74 Å². The SMILES string of the molecule is Cc1ncc(C(=O)N2Cc3ccnn3CC[C@@H]2COCC(C)C)[nH]1. The van der Waals surface area contributed by atoms with Crippen LogP contribution < -0.4 is 0 Å². The Morgan fingerprint density at radius 3 is 3.04 bits per heavy atom. The van der Waals surface area contributed by atoms with E-state index in [-0.39, 0.29) is 11.9 Å². The number of nitrogens with zero attached hydrogens (tertiary/aromatic N) is 4. The average Bonchev–Trinajstić information content (AvgIpc) is 3.13. The van der Waals surface area contributed by atoms with Crippen LogP contribution in [0.2, 0.25) is 0 Å². The van der Waals surface area contributed by atoms with E-state index in [2.05, 4.69) is 28.9 Å². The van der Waals surface area contributed by atoms with Crippen LogP contribution >= 0.6 is 0 Å². The molecule has 7 heteroatoms. The van der Waals surface area contributed by atoms with E-state index in [0.717, 1.165) is 24.5 Å². The van der Waals surface area contributed by atoms with Gasteiger partial charge in [-0.25, -0.2) is 4.98 Å².